The van der Waals surface area contributed by atoms with E-state index < -0.39 is 0 Å². The van der Waals surface area contributed by atoms with Gasteiger partial charge in [0.1, 0.15) is 5.52 Å². The van der Waals surface area contributed by atoms with Crippen LogP contribution >= 0.6 is 15.9 Å². The Morgan fingerprint density at radius 1 is 1.00 bits per heavy atom. The monoisotopic (exact) mass is 274 g/mol. The molecule has 0 radical (unpaired) electrons. The number of hydrogen-bond donors (Lipinski definition) is 0. The van der Waals surface area contributed by atoms with Crippen LogP contribution in [0.15, 0.2) is 47.1 Å². The van der Waals surface area contributed by atoms with Crippen LogP contribution in [0.1, 0.15) is 0 Å². The summed E-state index contributed by atoms with van der Waals surface area (Å²) in [5.41, 5.74) is 2.37. The maximum absolute atomic E-state index is 4.34. The number of nitrogens with zero attached hydrogens (tertiary/aromatic N) is 4. The molecule has 0 bridgehead atoms. The normalized spacial score (nSPS) is 10.8. The van der Waals surface area contributed by atoms with Crippen molar-refractivity contribution in [1.82, 2.24) is 20.0 Å². The summed E-state index contributed by atoms with van der Waals surface area (Å²) < 4.78 is 1.03. The summed E-state index contributed by atoms with van der Waals surface area (Å²) in [7, 11) is 0. The van der Waals surface area contributed by atoms with E-state index in [1.165, 1.54) is 0 Å². The smallest absolute Gasteiger partial charge is 0.202 e. The van der Waals surface area contributed by atoms with Gasteiger partial charge in [-0.3, -0.25) is 0 Å². The first-order valence-electron chi connectivity index (χ1n) is 4.77. The third-order valence-corrected chi connectivity index (χ3v) is 2.74. The lowest BCUT2D eigenvalue weighted by Crippen LogP contribution is -1.97. The molecule has 1 aromatic carbocycles. The van der Waals surface area contributed by atoms with E-state index in [9.17, 15) is 0 Å². The first-order valence-corrected chi connectivity index (χ1v) is 5.56. The summed E-state index contributed by atoms with van der Waals surface area (Å²) >= 11 is 3.39. The van der Waals surface area contributed by atoms with Crippen LogP contribution in [0, 0.1) is 0 Å². The summed E-state index contributed by atoms with van der Waals surface area (Å²) in [5.74, 6) is 0. The molecule has 0 N–H and O–H groups in total. The van der Waals surface area contributed by atoms with E-state index >= 15 is 0 Å². The Kier molecular flexibility index (Phi) is 2.18. The Morgan fingerprint density at radius 3 is 2.56 bits per heavy atom. The zero-order valence-electron chi connectivity index (χ0n) is 8.21. The maximum Gasteiger partial charge on any atom is 0.202 e. The molecule has 0 atom stereocenters. The second kappa shape index (κ2) is 3.68. The molecule has 0 saturated carbocycles. The summed E-state index contributed by atoms with van der Waals surface area (Å²) in [6.45, 7) is 0. The predicted octanol–water partition coefficient (Wildman–Crippen LogP) is 2.58. The van der Waals surface area contributed by atoms with Crippen LogP contribution in [-0.2, 0) is 0 Å². The van der Waals surface area contributed by atoms with Gasteiger partial charge < -0.3 is 0 Å². The summed E-state index contributed by atoms with van der Waals surface area (Å²) in [6.07, 6.45) is 1.71. The highest BCUT2D eigenvalue weighted by molar-refractivity contribution is 9.10. The Morgan fingerprint density at radius 2 is 1.81 bits per heavy atom. The quantitative estimate of drug-likeness (QED) is 0.685. The standard InChI is InChI=1S/C11H7BrN4/c12-8-3-5-9(6-4-8)16-14-10-2-1-7-13-11(10)15-16/h1-7H. The Balaban J connectivity index is 2.15. The van der Waals surface area contributed by atoms with Crippen molar-refractivity contribution in [3.8, 4) is 5.69 Å². The molecule has 4 nitrogen and oxygen atoms in total. The van der Waals surface area contributed by atoms with Crippen LogP contribution in [0.4, 0.5) is 0 Å². The molecule has 2 heterocycles. The molecule has 3 rings (SSSR count). The van der Waals surface area contributed by atoms with Gasteiger partial charge in [0.15, 0.2) is 0 Å². The lowest BCUT2D eigenvalue weighted by atomic mass is 10.3. The highest BCUT2D eigenvalue weighted by Crippen LogP contribution is 2.14. The molecule has 5 heteroatoms. The van der Waals surface area contributed by atoms with E-state index in [1.807, 2.05) is 36.4 Å². The molecular formula is C11H7BrN4. The number of rotatable bonds is 1. The van der Waals surface area contributed by atoms with Gasteiger partial charge in [-0.15, -0.1) is 15.0 Å². The number of hydrogen-bond acceptors (Lipinski definition) is 3. The molecule has 0 amide bonds. The number of halogens is 1. The summed E-state index contributed by atoms with van der Waals surface area (Å²) in [4.78, 5) is 5.73. The molecule has 0 unspecified atom stereocenters. The highest BCUT2D eigenvalue weighted by atomic mass is 79.9. The zero-order chi connectivity index (χ0) is 11.0. The van der Waals surface area contributed by atoms with Gasteiger partial charge in [0.05, 0.1) is 5.69 Å². The van der Waals surface area contributed by atoms with Crippen LogP contribution in [0.25, 0.3) is 16.9 Å². The van der Waals surface area contributed by atoms with Gasteiger partial charge in [-0.25, -0.2) is 4.98 Å². The minimum Gasteiger partial charge on any atom is -0.234 e. The van der Waals surface area contributed by atoms with Gasteiger partial charge in [-0.05, 0) is 36.4 Å². The average Bonchev–Trinajstić information content (AvgIpc) is 2.73. The molecule has 0 fully saturated rings. The van der Waals surface area contributed by atoms with E-state index in [4.69, 9.17) is 0 Å². The average molecular weight is 275 g/mol. The van der Waals surface area contributed by atoms with E-state index in [0.717, 1.165) is 15.7 Å². The number of aromatic nitrogens is 4. The zero-order valence-corrected chi connectivity index (χ0v) is 9.79. The van der Waals surface area contributed by atoms with Gasteiger partial charge >= 0.3 is 0 Å². The lowest BCUT2D eigenvalue weighted by Gasteiger charge is -1.97. The lowest BCUT2D eigenvalue weighted by molar-refractivity contribution is 0.763. The first kappa shape index (κ1) is 9.47. The molecular weight excluding hydrogens is 268 g/mol. The fourth-order valence-electron chi connectivity index (χ4n) is 1.45. The van der Waals surface area contributed by atoms with Crippen molar-refractivity contribution in [2.75, 3.05) is 0 Å². The molecule has 3 aromatic rings. The number of fused-ring (bicyclic) bond motifs is 1. The second-order valence-electron chi connectivity index (χ2n) is 3.31. The third-order valence-electron chi connectivity index (χ3n) is 2.22. The number of pyridine rings is 1. The van der Waals surface area contributed by atoms with Crippen LogP contribution in [0.3, 0.4) is 0 Å². The fraction of sp³-hybridized carbons (Fsp3) is 0. The molecule has 0 aliphatic carbocycles. The molecule has 16 heavy (non-hydrogen) atoms. The van der Waals surface area contributed by atoms with E-state index in [2.05, 4.69) is 31.1 Å². The van der Waals surface area contributed by atoms with Gasteiger partial charge in [0.25, 0.3) is 0 Å². The molecule has 2 aromatic heterocycles. The van der Waals surface area contributed by atoms with E-state index in [1.54, 1.807) is 11.0 Å². The topological polar surface area (TPSA) is 43.6 Å². The Labute approximate surface area is 100 Å². The van der Waals surface area contributed by atoms with Crippen molar-refractivity contribution in [2.24, 2.45) is 0 Å². The largest absolute Gasteiger partial charge is 0.234 e. The third kappa shape index (κ3) is 1.59. The fourth-order valence-corrected chi connectivity index (χ4v) is 1.71. The van der Waals surface area contributed by atoms with Crippen molar-refractivity contribution < 1.29 is 0 Å². The van der Waals surface area contributed by atoms with E-state index in [0.29, 0.717) is 5.65 Å². The van der Waals surface area contributed by atoms with Crippen LogP contribution < -0.4 is 0 Å². The van der Waals surface area contributed by atoms with Crippen molar-refractivity contribution in [3.63, 3.8) is 0 Å². The minimum absolute atomic E-state index is 0.658. The molecule has 78 valence electrons. The molecule has 0 saturated heterocycles. The second-order valence-corrected chi connectivity index (χ2v) is 4.23. The Bertz CT molecular complexity index is 597. The van der Waals surface area contributed by atoms with Gasteiger partial charge in [0.2, 0.25) is 5.65 Å². The Hall–Kier alpha value is -1.75. The predicted molar refractivity (Wildman–Crippen MR) is 64.4 cm³/mol. The van der Waals surface area contributed by atoms with E-state index in [-0.39, 0.29) is 0 Å². The minimum atomic E-state index is 0.658. The first-order chi connectivity index (χ1) is 7.83. The van der Waals surface area contributed by atoms with Gasteiger partial charge in [-0.1, -0.05) is 15.9 Å². The molecule has 0 aliphatic heterocycles. The summed E-state index contributed by atoms with van der Waals surface area (Å²) in [5, 5.41) is 8.63. The van der Waals surface area contributed by atoms with Gasteiger partial charge in [0, 0.05) is 10.7 Å². The summed E-state index contributed by atoms with van der Waals surface area (Å²) in [6, 6.07) is 11.5. The van der Waals surface area contributed by atoms with Crippen molar-refractivity contribution >= 4 is 27.1 Å². The van der Waals surface area contributed by atoms with Crippen LogP contribution in [0.5, 0.6) is 0 Å². The van der Waals surface area contributed by atoms with Crippen molar-refractivity contribution in [2.45, 2.75) is 0 Å². The van der Waals surface area contributed by atoms with Crippen LogP contribution in [-0.4, -0.2) is 20.0 Å². The van der Waals surface area contributed by atoms with Crippen LogP contribution in [0.2, 0.25) is 0 Å². The molecule has 0 aliphatic rings. The molecule has 0 spiro atoms. The van der Waals surface area contributed by atoms with Gasteiger partial charge in [-0.2, -0.15) is 0 Å². The maximum atomic E-state index is 4.34. The van der Waals surface area contributed by atoms with Crippen molar-refractivity contribution in [1.29, 1.82) is 0 Å². The van der Waals surface area contributed by atoms with Crippen molar-refractivity contribution in [3.05, 3.63) is 47.1 Å². The number of benzene rings is 1. The highest BCUT2D eigenvalue weighted by Gasteiger charge is 2.03. The SMILES string of the molecule is Brc1ccc(-n2nc3cccnc3n2)cc1.